The molecule has 216 valence electrons. The summed E-state index contributed by atoms with van der Waals surface area (Å²) in [4.78, 5) is 25.2. The number of aryl methyl sites for hydroxylation is 1. The molecule has 0 saturated heterocycles. The van der Waals surface area contributed by atoms with E-state index in [9.17, 15) is 24.9 Å². The van der Waals surface area contributed by atoms with E-state index in [0.717, 1.165) is 16.7 Å². The van der Waals surface area contributed by atoms with Crippen molar-refractivity contribution in [2.24, 2.45) is 0 Å². The second-order valence-electron chi connectivity index (χ2n) is 14.6. The number of aromatic hydroxyl groups is 2. The fraction of sp³-hybridized carbons (Fsp3) is 0.562. The number of carbonyl (C=O) groups excluding carboxylic acids is 1. The molecule has 0 aromatic heterocycles. The Kier molecular flexibility index (Phi) is 8.81. The highest BCUT2D eigenvalue weighted by Crippen LogP contribution is 2.45. The van der Waals surface area contributed by atoms with Gasteiger partial charge in [-0.15, -0.1) is 0 Å². The van der Waals surface area contributed by atoms with Gasteiger partial charge >= 0.3 is 5.97 Å². The van der Waals surface area contributed by atoms with Crippen LogP contribution in [0, 0.1) is 0 Å². The minimum absolute atomic E-state index is 0.0188. The molecule has 0 spiro atoms. The molecule has 2 aromatic carbocycles. The zero-order valence-corrected chi connectivity index (χ0v) is 25.8. The van der Waals surface area contributed by atoms with Crippen molar-refractivity contribution in [2.45, 2.75) is 118 Å². The third-order valence-corrected chi connectivity index (χ3v) is 6.84. The van der Waals surface area contributed by atoms with Gasteiger partial charge < -0.3 is 15.3 Å². The normalized spacial score (nSPS) is 12.8. The maximum atomic E-state index is 12.9. The van der Waals surface area contributed by atoms with Gasteiger partial charge in [-0.25, -0.2) is 4.79 Å². The number of phenolic OH excluding ortho intramolecular Hbond substituents is 2. The zero-order chi connectivity index (χ0) is 30.3. The van der Waals surface area contributed by atoms with E-state index in [1.807, 2.05) is 95.2 Å². The molecule has 7 nitrogen and oxygen atoms in total. The molecule has 0 bridgehead atoms. The van der Waals surface area contributed by atoms with Crippen LogP contribution in [0.25, 0.3) is 0 Å². The van der Waals surface area contributed by atoms with Crippen molar-refractivity contribution in [3.05, 3.63) is 51.6 Å². The lowest BCUT2D eigenvalue weighted by Gasteiger charge is -2.31. The Labute approximate surface area is 234 Å². The molecule has 2 aromatic rings. The van der Waals surface area contributed by atoms with Gasteiger partial charge in [-0.3, -0.25) is 15.6 Å². The predicted molar refractivity (Wildman–Crippen MR) is 158 cm³/mol. The molecular formula is C32H48N2O5. The van der Waals surface area contributed by atoms with E-state index < -0.39 is 16.8 Å². The van der Waals surface area contributed by atoms with Crippen LogP contribution in [0.4, 0.5) is 5.69 Å². The minimum atomic E-state index is -1.16. The molecule has 2 rings (SSSR count). The highest BCUT2D eigenvalue weighted by atomic mass is 16.4. The first kappa shape index (κ1) is 32.0. The van der Waals surface area contributed by atoms with Crippen LogP contribution in [-0.2, 0) is 32.9 Å². The number of phenols is 2. The van der Waals surface area contributed by atoms with Crippen molar-refractivity contribution in [2.75, 3.05) is 5.43 Å². The highest BCUT2D eigenvalue weighted by molar-refractivity contribution is 5.97. The lowest BCUT2D eigenvalue weighted by Crippen LogP contribution is -2.32. The Morgan fingerprint density at radius 3 is 1.51 bits per heavy atom. The third-order valence-electron chi connectivity index (χ3n) is 6.84. The van der Waals surface area contributed by atoms with Crippen molar-refractivity contribution < 1.29 is 24.9 Å². The fourth-order valence-electron chi connectivity index (χ4n) is 4.71. The van der Waals surface area contributed by atoms with Crippen LogP contribution in [0.5, 0.6) is 11.5 Å². The molecule has 5 N–H and O–H groups in total. The summed E-state index contributed by atoms with van der Waals surface area (Å²) in [5, 5.41) is 32.2. The van der Waals surface area contributed by atoms with Crippen LogP contribution in [-0.4, -0.2) is 27.2 Å². The van der Waals surface area contributed by atoms with Crippen LogP contribution >= 0.6 is 0 Å². The van der Waals surface area contributed by atoms with Gasteiger partial charge in [-0.2, -0.15) is 0 Å². The second kappa shape index (κ2) is 10.7. The van der Waals surface area contributed by atoms with Crippen molar-refractivity contribution >= 4 is 17.6 Å². The van der Waals surface area contributed by atoms with Gasteiger partial charge in [-0.1, -0.05) is 95.2 Å². The number of nitrogens with one attached hydrogen (secondary N) is 2. The lowest BCUT2D eigenvalue weighted by molar-refractivity contribution is -0.120. The van der Waals surface area contributed by atoms with E-state index >= 15 is 0 Å². The summed E-state index contributed by atoms with van der Waals surface area (Å²) in [7, 11) is 0. The average Bonchev–Trinajstić information content (AvgIpc) is 2.73. The Morgan fingerprint density at radius 2 is 1.13 bits per heavy atom. The molecule has 0 radical (unpaired) electrons. The van der Waals surface area contributed by atoms with E-state index in [1.165, 1.54) is 6.07 Å². The van der Waals surface area contributed by atoms with Crippen LogP contribution in [0.15, 0.2) is 18.2 Å². The summed E-state index contributed by atoms with van der Waals surface area (Å²) in [5.41, 5.74) is 7.53. The van der Waals surface area contributed by atoms with Gasteiger partial charge in [0.1, 0.15) is 11.5 Å². The summed E-state index contributed by atoms with van der Waals surface area (Å²) < 4.78 is 0. The monoisotopic (exact) mass is 540 g/mol. The van der Waals surface area contributed by atoms with Gasteiger partial charge in [-0.05, 0) is 50.8 Å². The second-order valence-corrected chi connectivity index (χ2v) is 14.6. The van der Waals surface area contributed by atoms with Crippen LogP contribution < -0.4 is 10.9 Å². The molecule has 0 fully saturated rings. The van der Waals surface area contributed by atoms with Gasteiger partial charge in [0.05, 0.1) is 11.3 Å². The van der Waals surface area contributed by atoms with Crippen molar-refractivity contribution in [3.63, 3.8) is 0 Å². The molecule has 7 heteroatoms. The van der Waals surface area contributed by atoms with Gasteiger partial charge in [0.15, 0.2) is 0 Å². The first-order chi connectivity index (χ1) is 17.5. The van der Waals surface area contributed by atoms with Gasteiger partial charge in [0.25, 0.3) is 0 Å². The molecule has 0 saturated carbocycles. The average molecular weight is 541 g/mol. The number of carboxylic acids is 1. The number of hydrogen-bond acceptors (Lipinski definition) is 5. The molecule has 0 atom stereocenters. The molecule has 0 aliphatic heterocycles. The van der Waals surface area contributed by atoms with Gasteiger partial charge in [0, 0.05) is 17.5 Å². The van der Waals surface area contributed by atoms with E-state index in [-0.39, 0.29) is 40.2 Å². The van der Waals surface area contributed by atoms with Crippen molar-refractivity contribution in [1.82, 2.24) is 5.43 Å². The Balaban J connectivity index is 2.40. The molecule has 0 aliphatic rings. The van der Waals surface area contributed by atoms with Crippen LogP contribution in [0.3, 0.4) is 0 Å². The minimum Gasteiger partial charge on any atom is -0.507 e. The highest BCUT2D eigenvalue weighted by Gasteiger charge is 2.33. The quantitative estimate of drug-likeness (QED) is 0.250. The number of rotatable bonds is 6. The van der Waals surface area contributed by atoms with E-state index in [0.29, 0.717) is 23.3 Å². The SMILES string of the molecule is CC(C)(C)c1cc(CCC(=O)NNc2c(C(=O)O)cc(C(C)(C)C)c(O)c2C(C)(C)C)cc(C(C)(C)C)c1O. The smallest absolute Gasteiger partial charge is 0.337 e. The summed E-state index contributed by atoms with van der Waals surface area (Å²) in [6.45, 7) is 23.7. The van der Waals surface area contributed by atoms with Crippen LogP contribution in [0.2, 0.25) is 0 Å². The largest absolute Gasteiger partial charge is 0.507 e. The summed E-state index contributed by atoms with van der Waals surface area (Å²) in [6, 6.07) is 5.38. The number of amides is 1. The maximum Gasteiger partial charge on any atom is 0.337 e. The van der Waals surface area contributed by atoms with Gasteiger partial charge in [0.2, 0.25) is 5.91 Å². The molecule has 0 unspecified atom stereocenters. The molecule has 1 amide bonds. The standard InChI is InChI=1S/C32H48N2O5/c1-29(2,3)20-15-18(16-21(26(20)36)30(4,5)6)13-14-23(35)33-34-25-19(28(38)39)17-22(31(7,8)9)27(37)24(25)32(10,11)12/h15-17,34,36-37H,13-14H2,1-12H3,(H,33,35)(H,38,39). The number of hydrogen-bond donors (Lipinski definition) is 5. The first-order valence-corrected chi connectivity index (χ1v) is 13.5. The number of hydrazine groups is 1. The number of anilines is 1. The van der Waals surface area contributed by atoms with E-state index in [1.54, 1.807) is 0 Å². The predicted octanol–water partition coefficient (Wildman–Crippen LogP) is 7.06. The Bertz CT molecular complexity index is 1210. The summed E-state index contributed by atoms with van der Waals surface area (Å²) >= 11 is 0. The molecule has 0 heterocycles. The molecular weight excluding hydrogens is 492 g/mol. The molecule has 0 aliphatic carbocycles. The zero-order valence-electron chi connectivity index (χ0n) is 25.8. The number of carbonyl (C=O) groups is 2. The van der Waals surface area contributed by atoms with Crippen LogP contribution in [0.1, 0.15) is 128 Å². The Morgan fingerprint density at radius 1 is 0.692 bits per heavy atom. The summed E-state index contributed by atoms with van der Waals surface area (Å²) in [5.74, 6) is -1.17. The lowest BCUT2D eigenvalue weighted by atomic mass is 9.77. The number of aromatic carboxylic acids is 1. The topological polar surface area (TPSA) is 119 Å². The van der Waals surface area contributed by atoms with Crippen molar-refractivity contribution in [1.29, 1.82) is 0 Å². The van der Waals surface area contributed by atoms with E-state index in [4.69, 9.17) is 0 Å². The number of carboxylic acid groups (broad SMARTS) is 1. The summed E-state index contributed by atoms with van der Waals surface area (Å²) in [6.07, 6.45) is 0.580. The number of benzene rings is 2. The van der Waals surface area contributed by atoms with E-state index in [2.05, 4.69) is 10.9 Å². The first-order valence-electron chi connectivity index (χ1n) is 13.5. The van der Waals surface area contributed by atoms with Crippen molar-refractivity contribution in [3.8, 4) is 11.5 Å². The third kappa shape index (κ3) is 7.46. The fourth-order valence-corrected chi connectivity index (χ4v) is 4.71. The molecule has 39 heavy (non-hydrogen) atoms. The Hall–Kier alpha value is -3.22. The maximum absolute atomic E-state index is 12.9.